The summed E-state index contributed by atoms with van der Waals surface area (Å²) in [5.74, 6) is 0.0572. The molecule has 0 amide bonds. The molecule has 0 bridgehead atoms. The Balaban J connectivity index is 1.63. The molecule has 30 heavy (non-hydrogen) atoms. The van der Waals surface area contributed by atoms with E-state index in [2.05, 4.69) is 44.9 Å². The van der Waals surface area contributed by atoms with E-state index in [4.69, 9.17) is 0 Å². The lowest BCUT2D eigenvalue weighted by Crippen LogP contribution is -2.34. The molecule has 3 rings (SSSR count). The van der Waals surface area contributed by atoms with Crippen molar-refractivity contribution in [1.82, 2.24) is 9.88 Å². The molecule has 5 heteroatoms. The first-order valence-corrected chi connectivity index (χ1v) is 11.2. The fourth-order valence-corrected chi connectivity index (χ4v) is 4.60. The Morgan fingerprint density at radius 1 is 1.33 bits per heavy atom. The number of pyridine rings is 1. The van der Waals surface area contributed by atoms with Crippen LogP contribution in [0.25, 0.3) is 6.08 Å². The molecule has 2 heterocycles. The minimum atomic E-state index is -0.672. The number of hydrogen-bond acceptors (Lipinski definition) is 3. The molecule has 1 aliphatic heterocycles. The zero-order chi connectivity index (χ0) is 21.9. The van der Waals surface area contributed by atoms with Crippen LogP contribution in [0.2, 0.25) is 0 Å². The second-order valence-corrected chi connectivity index (χ2v) is 9.66. The minimum Gasteiger partial charge on any atom is -0.299 e. The number of aryl methyl sites for hydroxylation is 1. The third kappa shape index (κ3) is 5.17. The van der Waals surface area contributed by atoms with E-state index in [9.17, 15) is 9.65 Å². The lowest BCUT2D eigenvalue weighted by molar-refractivity contribution is 0.226. The molecule has 0 saturated carbocycles. The number of piperidine rings is 1. The van der Waals surface area contributed by atoms with Crippen LogP contribution in [0.4, 0.5) is 4.39 Å². The Morgan fingerprint density at radius 2 is 2.03 bits per heavy atom. The Morgan fingerprint density at radius 3 is 2.63 bits per heavy atom. The highest BCUT2D eigenvalue weighted by atomic mass is 79.9. The van der Waals surface area contributed by atoms with Crippen molar-refractivity contribution in [3.8, 4) is 6.07 Å². The highest BCUT2D eigenvalue weighted by Crippen LogP contribution is 2.33. The van der Waals surface area contributed by atoms with E-state index in [0.717, 1.165) is 59.3 Å². The molecule has 0 unspecified atom stereocenters. The predicted octanol–water partition coefficient (Wildman–Crippen LogP) is 6.38. The van der Waals surface area contributed by atoms with Gasteiger partial charge in [0, 0.05) is 28.5 Å². The number of aromatic nitrogens is 1. The van der Waals surface area contributed by atoms with Crippen molar-refractivity contribution in [2.75, 3.05) is 19.6 Å². The summed E-state index contributed by atoms with van der Waals surface area (Å²) in [6, 6.07) is 9.56. The molecule has 1 saturated heterocycles. The number of rotatable bonds is 5. The lowest BCUT2D eigenvalue weighted by atomic mass is 9.83. The number of likely N-dealkylation sites (tertiary alicyclic amines) is 1. The monoisotopic (exact) mass is 469 g/mol. The van der Waals surface area contributed by atoms with Gasteiger partial charge in [-0.2, -0.15) is 5.26 Å². The van der Waals surface area contributed by atoms with Crippen molar-refractivity contribution in [1.29, 1.82) is 5.26 Å². The summed E-state index contributed by atoms with van der Waals surface area (Å²) >= 11 is 3.61. The first kappa shape index (κ1) is 22.7. The second kappa shape index (κ2) is 9.41. The SMILES string of the molecule is C/C(=C\c1c(Br)ccnc1C)CN1CCC(c2ccc(C(C)(C)C#N)cc2F)CC1. The van der Waals surface area contributed by atoms with E-state index < -0.39 is 5.41 Å². The van der Waals surface area contributed by atoms with Crippen LogP contribution in [0.3, 0.4) is 0 Å². The predicted molar refractivity (Wildman–Crippen MR) is 124 cm³/mol. The van der Waals surface area contributed by atoms with Gasteiger partial charge in [-0.05, 0) is 82.8 Å². The van der Waals surface area contributed by atoms with E-state index in [1.165, 1.54) is 5.57 Å². The molecule has 158 valence electrons. The molecule has 1 aromatic heterocycles. The Bertz CT molecular complexity index is 962. The summed E-state index contributed by atoms with van der Waals surface area (Å²) in [4.78, 5) is 6.81. The fourth-order valence-electron chi connectivity index (χ4n) is 4.08. The first-order chi connectivity index (χ1) is 14.2. The maximum absolute atomic E-state index is 14.8. The maximum Gasteiger partial charge on any atom is 0.127 e. The third-order valence-corrected chi connectivity index (χ3v) is 6.72. The van der Waals surface area contributed by atoms with Crippen molar-refractivity contribution in [3.63, 3.8) is 0 Å². The van der Waals surface area contributed by atoms with Crippen molar-refractivity contribution in [3.05, 3.63) is 68.7 Å². The molecule has 0 aliphatic carbocycles. The molecule has 0 N–H and O–H groups in total. The molecule has 0 radical (unpaired) electrons. The first-order valence-electron chi connectivity index (χ1n) is 10.4. The highest BCUT2D eigenvalue weighted by Gasteiger charge is 2.26. The molecule has 1 aromatic carbocycles. The summed E-state index contributed by atoms with van der Waals surface area (Å²) < 4.78 is 15.8. The van der Waals surface area contributed by atoms with Gasteiger partial charge in [0.1, 0.15) is 5.82 Å². The molecule has 2 aromatic rings. The van der Waals surface area contributed by atoms with Crippen LogP contribution >= 0.6 is 15.9 Å². The summed E-state index contributed by atoms with van der Waals surface area (Å²) in [6.07, 6.45) is 5.90. The minimum absolute atomic E-state index is 0.178. The molecule has 1 aliphatic rings. The van der Waals surface area contributed by atoms with Crippen LogP contribution in [0.1, 0.15) is 61.9 Å². The van der Waals surface area contributed by atoms with Crippen LogP contribution in [0.5, 0.6) is 0 Å². The highest BCUT2D eigenvalue weighted by molar-refractivity contribution is 9.10. The van der Waals surface area contributed by atoms with Gasteiger partial charge >= 0.3 is 0 Å². The van der Waals surface area contributed by atoms with E-state index in [1.54, 1.807) is 6.07 Å². The van der Waals surface area contributed by atoms with Gasteiger partial charge in [0.2, 0.25) is 0 Å². The van der Waals surface area contributed by atoms with Crippen LogP contribution in [0, 0.1) is 24.1 Å². The number of nitriles is 1. The van der Waals surface area contributed by atoms with E-state index >= 15 is 0 Å². The Kier molecular flexibility index (Phi) is 7.10. The van der Waals surface area contributed by atoms with Gasteiger partial charge in [0.25, 0.3) is 0 Å². The normalized spacial score (nSPS) is 16.5. The molecule has 3 nitrogen and oxygen atoms in total. The van der Waals surface area contributed by atoms with Gasteiger partial charge in [-0.3, -0.25) is 9.88 Å². The summed E-state index contributed by atoms with van der Waals surface area (Å²) in [7, 11) is 0. The van der Waals surface area contributed by atoms with E-state index in [-0.39, 0.29) is 11.7 Å². The number of hydrogen-bond donors (Lipinski definition) is 0. The second-order valence-electron chi connectivity index (χ2n) is 8.81. The molecular weight excluding hydrogens is 441 g/mol. The Hall–Kier alpha value is -2.03. The smallest absolute Gasteiger partial charge is 0.127 e. The average Bonchev–Trinajstić information content (AvgIpc) is 2.71. The standard InChI is InChI=1S/C25H29BrFN3/c1-17(13-22-18(2)29-10-7-23(22)26)15-30-11-8-19(9-12-30)21-6-5-20(14-24(21)27)25(3,4)16-28/h5-7,10,13-14,19H,8-9,11-12,15H2,1-4H3/b17-13+. The average molecular weight is 470 g/mol. The molecular formula is C25H29BrFN3. The van der Waals surface area contributed by atoms with Crippen molar-refractivity contribution in [2.24, 2.45) is 0 Å². The largest absolute Gasteiger partial charge is 0.299 e. The van der Waals surface area contributed by atoms with Gasteiger partial charge in [-0.1, -0.05) is 39.7 Å². The van der Waals surface area contributed by atoms with E-state index in [0.29, 0.717) is 0 Å². The summed E-state index contributed by atoms with van der Waals surface area (Å²) in [5, 5.41) is 9.29. The van der Waals surface area contributed by atoms with Crippen molar-refractivity contribution < 1.29 is 4.39 Å². The van der Waals surface area contributed by atoms with Gasteiger partial charge in [-0.15, -0.1) is 0 Å². The summed E-state index contributed by atoms with van der Waals surface area (Å²) in [6.45, 7) is 10.6. The fraction of sp³-hybridized carbons (Fsp3) is 0.440. The molecule has 0 spiro atoms. The Labute approximate surface area is 187 Å². The maximum atomic E-state index is 14.8. The van der Waals surface area contributed by atoms with Gasteiger partial charge < -0.3 is 0 Å². The van der Waals surface area contributed by atoms with Crippen LogP contribution in [0.15, 0.2) is 40.5 Å². The topological polar surface area (TPSA) is 39.9 Å². The van der Waals surface area contributed by atoms with E-state index in [1.807, 2.05) is 45.2 Å². The van der Waals surface area contributed by atoms with Crippen LogP contribution < -0.4 is 0 Å². The number of benzene rings is 1. The third-order valence-electron chi connectivity index (χ3n) is 6.03. The molecule has 0 atom stereocenters. The van der Waals surface area contributed by atoms with Gasteiger partial charge in [0.05, 0.1) is 11.5 Å². The molecule has 1 fully saturated rings. The number of halogens is 2. The van der Waals surface area contributed by atoms with Crippen molar-refractivity contribution in [2.45, 2.75) is 51.9 Å². The van der Waals surface area contributed by atoms with Crippen molar-refractivity contribution >= 4 is 22.0 Å². The zero-order valence-electron chi connectivity index (χ0n) is 18.2. The quantitative estimate of drug-likeness (QED) is 0.510. The van der Waals surface area contributed by atoms with Gasteiger partial charge in [0.15, 0.2) is 0 Å². The zero-order valence-corrected chi connectivity index (χ0v) is 19.8. The number of nitrogens with zero attached hydrogens (tertiary/aromatic N) is 3. The van der Waals surface area contributed by atoms with Crippen LogP contribution in [-0.2, 0) is 5.41 Å². The lowest BCUT2D eigenvalue weighted by Gasteiger charge is -2.32. The summed E-state index contributed by atoms with van der Waals surface area (Å²) in [5.41, 5.74) is 4.29. The van der Waals surface area contributed by atoms with Gasteiger partial charge in [-0.25, -0.2) is 4.39 Å². The van der Waals surface area contributed by atoms with Crippen LogP contribution in [-0.4, -0.2) is 29.5 Å².